The highest BCUT2D eigenvalue weighted by Gasteiger charge is 2.34. The van der Waals surface area contributed by atoms with Crippen LogP contribution in [0.25, 0.3) is 0 Å². The van der Waals surface area contributed by atoms with Crippen molar-refractivity contribution in [2.45, 2.75) is 25.6 Å². The monoisotopic (exact) mass is 584 g/mol. The van der Waals surface area contributed by atoms with Crippen molar-refractivity contribution in [1.82, 2.24) is 0 Å². The van der Waals surface area contributed by atoms with Gasteiger partial charge < -0.3 is 25.8 Å². The maximum atomic E-state index is 13.6. The van der Waals surface area contributed by atoms with Crippen LogP contribution in [0.3, 0.4) is 0 Å². The highest BCUT2D eigenvalue weighted by molar-refractivity contribution is 5.95. The Morgan fingerprint density at radius 1 is 0.705 bits per heavy atom. The van der Waals surface area contributed by atoms with Crippen molar-refractivity contribution < 1.29 is 14.3 Å². The van der Waals surface area contributed by atoms with Gasteiger partial charge >= 0.3 is 0 Å². The molecule has 1 unspecified atom stereocenters. The topological polar surface area (TPSA) is 115 Å². The number of amidine groups is 1. The van der Waals surface area contributed by atoms with Crippen molar-refractivity contribution in [2.75, 3.05) is 11.5 Å². The maximum absolute atomic E-state index is 13.6. The summed E-state index contributed by atoms with van der Waals surface area (Å²) in [7, 11) is 0. The molecule has 7 heteroatoms. The van der Waals surface area contributed by atoms with Gasteiger partial charge in [0.25, 0.3) is 0 Å². The van der Waals surface area contributed by atoms with Crippen LogP contribution in [0.4, 0.5) is 5.69 Å². The normalized spacial score (nSPS) is 11.5. The Kier molecular flexibility index (Phi) is 9.57. The number of rotatable bonds is 13. The van der Waals surface area contributed by atoms with Crippen molar-refractivity contribution in [3.8, 4) is 11.5 Å². The molecule has 0 saturated heterocycles. The average Bonchev–Trinajstić information content (AvgIpc) is 3.05. The summed E-state index contributed by atoms with van der Waals surface area (Å²) < 4.78 is 12.2. The summed E-state index contributed by atoms with van der Waals surface area (Å²) in [4.78, 5) is 15.6. The predicted molar refractivity (Wildman–Crippen MR) is 175 cm³/mol. The summed E-state index contributed by atoms with van der Waals surface area (Å²) in [5.41, 5.74) is 17.0. The van der Waals surface area contributed by atoms with Gasteiger partial charge in [-0.25, -0.2) is 0 Å². The van der Waals surface area contributed by atoms with Crippen molar-refractivity contribution in [3.05, 3.63) is 161 Å². The van der Waals surface area contributed by atoms with Crippen LogP contribution in [0, 0.1) is 5.41 Å². The molecule has 5 rings (SSSR count). The largest absolute Gasteiger partial charge is 0.490 e. The van der Waals surface area contributed by atoms with E-state index < -0.39 is 11.9 Å². The van der Waals surface area contributed by atoms with Gasteiger partial charge in [-0.1, -0.05) is 97.1 Å². The number of amides is 1. The van der Waals surface area contributed by atoms with Crippen LogP contribution in [0.2, 0.25) is 0 Å². The lowest BCUT2D eigenvalue weighted by Crippen LogP contribution is -2.41. The van der Waals surface area contributed by atoms with Crippen molar-refractivity contribution in [2.24, 2.45) is 11.5 Å². The fourth-order valence-corrected chi connectivity index (χ4v) is 5.32. The molecule has 5 aromatic rings. The van der Waals surface area contributed by atoms with Crippen LogP contribution in [0.5, 0.6) is 11.5 Å². The number of primary amides is 1. The van der Waals surface area contributed by atoms with E-state index in [0.717, 1.165) is 22.4 Å². The Morgan fingerprint density at radius 3 is 1.80 bits per heavy atom. The third-order valence-electron chi connectivity index (χ3n) is 7.35. The second-order valence-electron chi connectivity index (χ2n) is 10.3. The number of anilines is 1. The first-order valence-corrected chi connectivity index (χ1v) is 14.5. The van der Waals surface area contributed by atoms with Crippen LogP contribution in [-0.4, -0.2) is 18.3 Å². The number of nitrogens with one attached hydrogen (secondary N) is 1. The summed E-state index contributed by atoms with van der Waals surface area (Å²) in [5, 5.41) is 7.89. The number of benzene rings is 5. The number of carbonyl (C=O) groups is 1. The van der Waals surface area contributed by atoms with Gasteiger partial charge in [0.15, 0.2) is 11.5 Å². The molecule has 0 radical (unpaired) electrons. The smallest absolute Gasteiger partial charge is 0.244 e. The molecule has 0 bridgehead atoms. The average molecular weight is 585 g/mol. The number of ether oxygens (including phenoxy) is 2. The molecule has 5 N–H and O–H groups in total. The van der Waals surface area contributed by atoms with Gasteiger partial charge in [0.1, 0.15) is 18.5 Å². The van der Waals surface area contributed by atoms with Gasteiger partial charge in [0.05, 0.1) is 12.6 Å². The van der Waals surface area contributed by atoms with E-state index >= 15 is 0 Å². The molecule has 1 amide bonds. The summed E-state index contributed by atoms with van der Waals surface area (Å²) in [6.07, 6.45) is 0. The molecule has 5 aromatic carbocycles. The minimum absolute atomic E-state index is 0.0373. The van der Waals surface area contributed by atoms with E-state index in [9.17, 15) is 4.79 Å². The summed E-state index contributed by atoms with van der Waals surface area (Å²) >= 11 is 0. The van der Waals surface area contributed by atoms with Gasteiger partial charge in [0.2, 0.25) is 5.91 Å². The molecule has 0 aromatic heterocycles. The fourth-order valence-electron chi connectivity index (χ4n) is 5.32. The molecule has 0 aliphatic heterocycles. The Bertz CT molecular complexity index is 1640. The van der Waals surface area contributed by atoms with E-state index in [2.05, 4.69) is 0 Å². The lowest BCUT2D eigenvalue weighted by Gasteiger charge is -2.39. The molecule has 7 nitrogen and oxygen atoms in total. The molecular formula is C37H36N4O3. The number of nitrogens with zero attached hydrogens (tertiary/aromatic N) is 1. The van der Waals surface area contributed by atoms with Gasteiger partial charge in [-0.2, -0.15) is 0 Å². The van der Waals surface area contributed by atoms with Crippen molar-refractivity contribution in [1.29, 1.82) is 5.41 Å². The second-order valence-corrected chi connectivity index (χ2v) is 10.3. The van der Waals surface area contributed by atoms with Gasteiger partial charge in [-0.3, -0.25) is 10.2 Å². The lowest BCUT2D eigenvalue weighted by atomic mass is 9.92. The maximum Gasteiger partial charge on any atom is 0.244 e. The first-order valence-electron chi connectivity index (χ1n) is 14.5. The van der Waals surface area contributed by atoms with E-state index in [1.807, 2.05) is 133 Å². The molecule has 0 fully saturated rings. The number of nitrogens with two attached hydrogens (primary N) is 2. The minimum Gasteiger partial charge on any atom is -0.490 e. The molecule has 0 saturated carbocycles. The molecule has 0 aliphatic carbocycles. The van der Waals surface area contributed by atoms with Gasteiger partial charge in [-0.05, 0) is 65.6 Å². The molecular weight excluding hydrogens is 548 g/mol. The molecule has 1 atom stereocenters. The zero-order chi connectivity index (χ0) is 30.9. The third-order valence-corrected chi connectivity index (χ3v) is 7.35. The van der Waals surface area contributed by atoms with Crippen LogP contribution < -0.4 is 25.8 Å². The number of hydrogen-bond acceptors (Lipinski definition) is 5. The first kappa shape index (κ1) is 29.9. The van der Waals surface area contributed by atoms with Crippen LogP contribution >= 0.6 is 0 Å². The summed E-state index contributed by atoms with van der Waals surface area (Å²) in [6.45, 7) is 2.69. The molecule has 44 heavy (non-hydrogen) atoms. The lowest BCUT2D eigenvalue weighted by molar-refractivity contribution is -0.119. The highest BCUT2D eigenvalue weighted by atomic mass is 16.5. The molecule has 0 heterocycles. The number of carbonyl (C=O) groups excluding carboxylic acids is 1. The molecule has 0 spiro atoms. The summed E-state index contributed by atoms with van der Waals surface area (Å²) in [5.74, 6) is 0.528. The van der Waals surface area contributed by atoms with E-state index in [4.69, 9.17) is 26.4 Å². The summed E-state index contributed by atoms with van der Waals surface area (Å²) in [6, 6.07) is 41.5. The first-order chi connectivity index (χ1) is 21.5. The van der Waals surface area contributed by atoms with Gasteiger partial charge in [0, 0.05) is 11.3 Å². The van der Waals surface area contributed by atoms with Crippen LogP contribution in [0.1, 0.15) is 46.8 Å². The quantitative estimate of drug-likeness (QED) is 0.104. The molecule has 0 aliphatic rings. The van der Waals surface area contributed by atoms with E-state index in [1.165, 1.54) is 0 Å². The molecule has 222 valence electrons. The van der Waals surface area contributed by atoms with Gasteiger partial charge in [-0.15, -0.1) is 0 Å². The van der Waals surface area contributed by atoms with E-state index in [0.29, 0.717) is 35.8 Å². The van der Waals surface area contributed by atoms with Crippen molar-refractivity contribution in [3.63, 3.8) is 0 Å². The standard InChI is InChI=1S/C37H36N4O3/c1-2-43-33-24-30(20-23-32(33)44-25-26-12-6-3-7-13-26)35(37(40)42)41(31-21-18-29(19-22-31)36(38)39)34(27-14-8-4-9-15-27)28-16-10-5-11-17-28/h3-24,34-35H,2,25H2,1H3,(H3,38,39)(H2,40,42). The van der Waals surface area contributed by atoms with E-state index in [-0.39, 0.29) is 11.9 Å². The minimum atomic E-state index is -0.897. The third kappa shape index (κ3) is 6.90. The Morgan fingerprint density at radius 2 is 1.27 bits per heavy atom. The highest BCUT2D eigenvalue weighted by Crippen LogP contribution is 2.42. The Hall–Kier alpha value is -5.56. The van der Waals surface area contributed by atoms with Crippen LogP contribution in [-0.2, 0) is 11.4 Å². The SMILES string of the molecule is CCOc1cc(C(C(N)=O)N(c2ccc(C(=N)N)cc2)C(c2ccccc2)c2ccccc2)ccc1OCc1ccccc1. The predicted octanol–water partition coefficient (Wildman–Crippen LogP) is 6.77. The van der Waals surface area contributed by atoms with Crippen molar-refractivity contribution >= 4 is 17.4 Å². The number of nitrogen functional groups attached to an aromatic ring is 1. The Balaban J connectivity index is 1.65. The second kappa shape index (κ2) is 14.1. The number of hydrogen-bond donors (Lipinski definition) is 3. The zero-order valence-corrected chi connectivity index (χ0v) is 24.6. The van der Waals surface area contributed by atoms with Crippen LogP contribution in [0.15, 0.2) is 133 Å². The fraction of sp³-hybridized carbons (Fsp3) is 0.135. The van der Waals surface area contributed by atoms with E-state index in [1.54, 1.807) is 12.1 Å². The Labute approximate surface area is 258 Å². The zero-order valence-electron chi connectivity index (χ0n) is 24.6.